The van der Waals surface area contributed by atoms with Crippen molar-refractivity contribution in [3.8, 4) is 0 Å². The molecule has 66 heavy (non-hydrogen) atoms. The Balaban J connectivity index is 4.41. The molecule has 0 bridgehead atoms. The summed E-state index contributed by atoms with van der Waals surface area (Å²) in [5.41, 5.74) is 0. The van der Waals surface area contributed by atoms with E-state index in [2.05, 4.69) is 148 Å². The van der Waals surface area contributed by atoms with Crippen LogP contribution in [0.1, 0.15) is 155 Å². The lowest BCUT2D eigenvalue weighted by atomic mass is 10.1. The molecule has 0 aromatic rings. The molecule has 0 fully saturated rings. The molecule has 2 unspecified atom stereocenters. The van der Waals surface area contributed by atoms with E-state index in [0.717, 1.165) is 116 Å². The average molecular weight is 936 g/mol. The summed E-state index contributed by atoms with van der Waals surface area (Å²) in [5.74, 6) is -0.921. The maximum atomic E-state index is 12.7. The third kappa shape index (κ3) is 49.6. The first kappa shape index (κ1) is 62.1. The zero-order chi connectivity index (χ0) is 48.5. The van der Waals surface area contributed by atoms with E-state index in [9.17, 15) is 19.0 Å². The molecule has 0 N–H and O–H groups in total. The number of phosphoric acid groups is 1. The number of likely N-dealkylation sites (N-methyl/N-ethyl adjacent to an activating group) is 1. The van der Waals surface area contributed by atoms with Crippen LogP contribution in [-0.2, 0) is 32.7 Å². The molecule has 0 aromatic heterocycles. The largest absolute Gasteiger partial charge is 0.756 e. The molecule has 0 aliphatic carbocycles. The molecule has 9 nitrogen and oxygen atoms in total. The molecule has 2 atom stereocenters. The van der Waals surface area contributed by atoms with E-state index >= 15 is 0 Å². The van der Waals surface area contributed by atoms with Gasteiger partial charge < -0.3 is 27.9 Å². The molecule has 0 saturated heterocycles. The Hall–Kier alpha value is -3.85. The lowest BCUT2D eigenvalue weighted by molar-refractivity contribution is -0.870. The Labute approximate surface area is 402 Å². The van der Waals surface area contributed by atoms with E-state index in [1.807, 2.05) is 21.1 Å². The Morgan fingerprint density at radius 3 is 1.24 bits per heavy atom. The van der Waals surface area contributed by atoms with Crippen LogP contribution in [0.25, 0.3) is 0 Å². The molecule has 0 aromatic carbocycles. The number of phosphoric ester groups is 1. The quantitative estimate of drug-likeness (QED) is 0.0195. The molecule has 0 heterocycles. The first-order chi connectivity index (χ1) is 32.0. The van der Waals surface area contributed by atoms with Gasteiger partial charge in [0.15, 0.2) is 6.10 Å². The van der Waals surface area contributed by atoms with Crippen molar-refractivity contribution in [2.45, 2.75) is 161 Å². The van der Waals surface area contributed by atoms with Crippen LogP contribution in [0.3, 0.4) is 0 Å². The molecular weight excluding hydrogens is 846 g/mol. The maximum absolute atomic E-state index is 12.7. The fourth-order valence-electron chi connectivity index (χ4n) is 5.86. The minimum atomic E-state index is -4.66. The standard InChI is InChI=1S/C56H90NO8P/c1-6-8-10-12-14-16-18-20-22-23-24-25-26-27-28-29-30-31-32-33-35-37-39-41-43-45-47-49-56(59)65-54(53-64-66(60,61)63-51-50-57(3,4)5)52-62-55(58)48-46-44-42-40-38-36-34-21-19-17-15-13-11-9-7-2/h8-11,14-17,20-22,24-25,27-28,30-31,33-35,39,41,54H,6-7,12-13,18-19,23,26,29,32,36-38,40,42-53H2,1-5H3/b10-8-,11-9-,16-14-,17-15-,22-20-,25-24-,28-27-,31-30-,34-21-,35-33-,41-39-. The van der Waals surface area contributed by atoms with E-state index in [1.54, 1.807) is 0 Å². The second-order valence-corrected chi connectivity index (χ2v) is 18.5. The van der Waals surface area contributed by atoms with Crippen LogP contribution in [0, 0.1) is 0 Å². The van der Waals surface area contributed by atoms with Crippen LogP contribution in [-0.4, -0.2) is 70.0 Å². The summed E-state index contributed by atoms with van der Waals surface area (Å²) in [5, 5.41) is 0. The summed E-state index contributed by atoms with van der Waals surface area (Å²) < 4.78 is 33.9. The van der Waals surface area contributed by atoms with E-state index in [0.29, 0.717) is 23.9 Å². The zero-order valence-corrected chi connectivity index (χ0v) is 42.7. The molecule has 0 amide bonds. The Morgan fingerprint density at radius 1 is 0.470 bits per heavy atom. The van der Waals surface area contributed by atoms with Gasteiger partial charge in [-0.3, -0.25) is 14.2 Å². The van der Waals surface area contributed by atoms with Crippen molar-refractivity contribution in [1.29, 1.82) is 0 Å². The number of hydrogen-bond donors (Lipinski definition) is 0. The highest BCUT2D eigenvalue weighted by molar-refractivity contribution is 7.45. The third-order valence-electron chi connectivity index (χ3n) is 9.67. The van der Waals surface area contributed by atoms with E-state index < -0.39 is 32.5 Å². The van der Waals surface area contributed by atoms with Gasteiger partial charge in [-0.1, -0.05) is 167 Å². The summed E-state index contributed by atoms with van der Waals surface area (Å²) in [4.78, 5) is 37.7. The molecule has 372 valence electrons. The number of allylic oxidation sites excluding steroid dienone is 22. The van der Waals surface area contributed by atoms with Crippen LogP contribution in [0.5, 0.6) is 0 Å². The highest BCUT2D eigenvalue weighted by atomic mass is 31.2. The minimum absolute atomic E-state index is 0.0511. The maximum Gasteiger partial charge on any atom is 0.306 e. The van der Waals surface area contributed by atoms with Crippen molar-refractivity contribution in [2.24, 2.45) is 0 Å². The molecule has 0 aliphatic rings. The van der Waals surface area contributed by atoms with Gasteiger partial charge in [-0.15, -0.1) is 0 Å². The van der Waals surface area contributed by atoms with E-state index in [-0.39, 0.29) is 26.1 Å². The van der Waals surface area contributed by atoms with Crippen molar-refractivity contribution in [1.82, 2.24) is 0 Å². The molecule has 0 aliphatic heterocycles. The Morgan fingerprint density at radius 2 is 0.818 bits per heavy atom. The molecule has 0 rings (SSSR count). The van der Waals surface area contributed by atoms with Crippen molar-refractivity contribution in [3.63, 3.8) is 0 Å². The van der Waals surface area contributed by atoms with Crippen LogP contribution in [0.15, 0.2) is 134 Å². The molecular formula is C56H90NO8P. The lowest BCUT2D eigenvalue weighted by Gasteiger charge is -2.28. The van der Waals surface area contributed by atoms with Crippen molar-refractivity contribution in [3.05, 3.63) is 134 Å². The Bertz CT molecular complexity index is 1570. The summed E-state index contributed by atoms with van der Waals surface area (Å²) in [7, 11) is 1.10. The predicted octanol–water partition coefficient (Wildman–Crippen LogP) is 14.4. The normalized spacial score (nSPS) is 14.6. The van der Waals surface area contributed by atoms with Crippen molar-refractivity contribution < 1.29 is 42.1 Å². The second kappa shape index (κ2) is 46.3. The van der Waals surface area contributed by atoms with Gasteiger partial charge in [0.2, 0.25) is 0 Å². The number of ether oxygens (including phenoxy) is 2. The summed E-state index contributed by atoms with van der Waals surface area (Å²) >= 11 is 0. The van der Waals surface area contributed by atoms with Gasteiger partial charge in [0, 0.05) is 12.8 Å². The zero-order valence-electron chi connectivity index (χ0n) is 41.8. The van der Waals surface area contributed by atoms with Gasteiger partial charge in [-0.2, -0.15) is 0 Å². The van der Waals surface area contributed by atoms with Gasteiger partial charge in [0.1, 0.15) is 19.8 Å². The number of quaternary nitrogens is 1. The Kier molecular flexibility index (Phi) is 43.6. The summed E-state index contributed by atoms with van der Waals surface area (Å²) in [6.45, 7) is 3.90. The minimum Gasteiger partial charge on any atom is -0.756 e. The van der Waals surface area contributed by atoms with Gasteiger partial charge >= 0.3 is 11.9 Å². The smallest absolute Gasteiger partial charge is 0.306 e. The first-order valence-electron chi connectivity index (χ1n) is 24.9. The fraction of sp³-hybridized carbons (Fsp3) is 0.571. The van der Waals surface area contributed by atoms with Gasteiger partial charge in [-0.25, -0.2) is 0 Å². The number of carbonyl (C=O) groups is 2. The van der Waals surface area contributed by atoms with Crippen molar-refractivity contribution in [2.75, 3.05) is 47.5 Å². The highest BCUT2D eigenvalue weighted by Crippen LogP contribution is 2.38. The monoisotopic (exact) mass is 936 g/mol. The lowest BCUT2D eigenvalue weighted by Crippen LogP contribution is -2.37. The summed E-state index contributed by atoms with van der Waals surface area (Å²) in [6, 6.07) is 0. The third-order valence-corrected chi connectivity index (χ3v) is 10.6. The fourth-order valence-corrected chi connectivity index (χ4v) is 6.59. The van der Waals surface area contributed by atoms with Crippen LogP contribution >= 0.6 is 7.82 Å². The van der Waals surface area contributed by atoms with Gasteiger partial charge in [-0.05, 0) is 109 Å². The van der Waals surface area contributed by atoms with Crippen LogP contribution in [0.2, 0.25) is 0 Å². The number of nitrogens with zero attached hydrogens (tertiary/aromatic N) is 1. The second-order valence-electron chi connectivity index (χ2n) is 17.1. The number of unbranched alkanes of at least 4 members (excludes halogenated alkanes) is 7. The van der Waals surface area contributed by atoms with Gasteiger partial charge in [0.05, 0.1) is 27.7 Å². The SMILES string of the molecule is CC/C=C\C/C=C\C/C=C\C/C=C\C/C=C\C/C=C\C/C=C\C/C=C\CCCCC(=O)OC(COC(=O)CCCCCCC/C=C\C/C=C\C/C=C\CC)COP(=O)([O-])OCC[N+](C)(C)C. The van der Waals surface area contributed by atoms with E-state index in [1.165, 1.54) is 0 Å². The number of esters is 2. The predicted molar refractivity (Wildman–Crippen MR) is 277 cm³/mol. The van der Waals surface area contributed by atoms with Crippen LogP contribution in [0.4, 0.5) is 0 Å². The highest BCUT2D eigenvalue weighted by Gasteiger charge is 2.21. The van der Waals surface area contributed by atoms with Crippen LogP contribution < -0.4 is 4.89 Å². The molecule has 0 radical (unpaired) electrons. The van der Waals surface area contributed by atoms with E-state index in [4.69, 9.17) is 18.5 Å². The van der Waals surface area contributed by atoms with Crippen molar-refractivity contribution >= 4 is 19.8 Å². The number of rotatable bonds is 43. The molecule has 10 heteroatoms. The summed E-state index contributed by atoms with van der Waals surface area (Å²) in [6.07, 6.45) is 66.3. The first-order valence-corrected chi connectivity index (χ1v) is 26.4. The molecule has 0 spiro atoms. The van der Waals surface area contributed by atoms with Gasteiger partial charge in [0.25, 0.3) is 7.82 Å². The number of hydrogen-bond acceptors (Lipinski definition) is 8. The topological polar surface area (TPSA) is 111 Å². The number of carbonyl (C=O) groups excluding carboxylic acids is 2. The average Bonchev–Trinajstić information content (AvgIpc) is 3.27. The molecule has 0 saturated carbocycles.